The Morgan fingerprint density at radius 3 is 2.81 bits per heavy atom. The molecule has 0 amide bonds. The molecule has 4 nitrogen and oxygen atoms in total. The van der Waals surface area contributed by atoms with E-state index in [1.807, 2.05) is 48.1 Å². The molecule has 0 fully saturated rings. The average Bonchev–Trinajstić information content (AvgIpc) is 3.08. The number of aryl methyl sites for hydroxylation is 1. The van der Waals surface area contributed by atoms with Crippen LogP contribution >= 0.6 is 11.3 Å². The van der Waals surface area contributed by atoms with E-state index in [-0.39, 0.29) is 0 Å². The highest BCUT2D eigenvalue weighted by molar-refractivity contribution is 7.21. The van der Waals surface area contributed by atoms with E-state index in [1.165, 1.54) is 4.70 Å². The highest BCUT2D eigenvalue weighted by Crippen LogP contribution is 2.34. The summed E-state index contributed by atoms with van der Waals surface area (Å²) >= 11 is 1.66. The summed E-state index contributed by atoms with van der Waals surface area (Å²) in [5.74, 6) is 0.831. The molecule has 104 valence electrons. The molecule has 0 aliphatic carbocycles. The van der Waals surface area contributed by atoms with Crippen LogP contribution in [0.4, 0.5) is 0 Å². The zero-order chi connectivity index (χ0) is 14.4. The first-order chi connectivity index (χ1) is 10.3. The first-order valence-electron chi connectivity index (χ1n) is 6.63. The third-order valence-corrected chi connectivity index (χ3v) is 4.60. The van der Waals surface area contributed by atoms with Crippen molar-refractivity contribution in [3.05, 3.63) is 42.5 Å². The lowest BCUT2D eigenvalue weighted by molar-refractivity contribution is 0.415. The molecule has 4 aromatic rings. The minimum Gasteiger partial charge on any atom is -0.497 e. The first-order valence-corrected chi connectivity index (χ1v) is 7.44. The van der Waals surface area contributed by atoms with E-state index >= 15 is 0 Å². The maximum absolute atomic E-state index is 5.33. The Kier molecular flexibility index (Phi) is 2.68. The second-order valence-corrected chi connectivity index (χ2v) is 5.87. The monoisotopic (exact) mass is 295 g/mol. The summed E-state index contributed by atoms with van der Waals surface area (Å²) < 4.78 is 8.39. The van der Waals surface area contributed by atoms with E-state index in [1.54, 1.807) is 18.4 Å². The Morgan fingerprint density at radius 1 is 1.14 bits per heavy atom. The summed E-state index contributed by atoms with van der Waals surface area (Å²) in [5.41, 5.74) is 3.00. The van der Waals surface area contributed by atoms with E-state index in [4.69, 9.17) is 9.72 Å². The smallest absolute Gasteiger partial charge is 0.145 e. The van der Waals surface area contributed by atoms with Crippen LogP contribution in [-0.2, 0) is 7.05 Å². The Bertz CT molecular complexity index is 922. The fraction of sp³-hybridized carbons (Fsp3) is 0.125. The Balaban J connectivity index is 2.00. The molecule has 4 rings (SSSR count). The fourth-order valence-electron chi connectivity index (χ4n) is 2.50. The van der Waals surface area contributed by atoms with E-state index < -0.39 is 0 Å². The van der Waals surface area contributed by atoms with Crippen molar-refractivity contribution in [2.75, 3.05) is 7.11 Å². The molecule has 2 aromatic heterocycles. The Labute approximate surface area is 125 Å². The van der Waals surface area contributed by atoms with Gasteiger partial charge >= 0.3 is 0 Å². The SMILES string of the molecule is COc1ccc2c(c1)c(-c1nc3ccccc3s1)nn2C. The Hall–Kier alpha value is -2.40. The molecular weight excluding hydrogens is 282 g/mol. The number of benzene rings is 2. The number of aromatic nitrogens is 3. The molecule has 0 saturated heterocycles. The highest BCUT2D eigenvalue weighted by atomic mass is 32.1. The molecule has 0 spiro atoms. The lowest BCUT2D eigenvalue weighted by atomic mass is 10.2. The summed E-state index contributed by atoms with van der Waals surface area (Å²) in [5, 5.41) is 6.65. The standard InChI is InChI=1S/C16H13N3OS/c1-19-13-8-7-10(20-2)9-11(13)15(18-19)16-17-12-5-3-4-6-14(12)21-16/h3-9H,1-2H3. The van der Waals surface area contributed by atoms with E-state index in [0.29, 0.717) is 0 Å². The van der Waals surface area contributed by atoms with Crippen LogP contribution in [0.3, 0.4) is 0 Å². The molecule has 2 aromatic carbocycles. The van der Waals surface area contributed by atoms with Crippen molar-refractivity contribution in [1.29, 1.82) is 0 Å². The molecule has 0 bridgehead atoms. The molecule has 21 heavy (non-hydrogen) atoms. The number of hydrogen-bond donors (Lipinski definition) is 0. The number of fused-ring (bicyclic) bond motifs is 2. The summed E-state index contributed by atoms with van der Waals surface area (Å²) in [6.07, 6.45) is 0. The van der Waals surface area contributed by atoms with Crippen LogP contribution < -0.4 is 4.74 Å². The van der Waals surface area contributed by atoms with Crippen LogP contribution in [0.2, 0.25) is 0 Å². The highest BCUT2D eigenvalue weighted by Gasteiger charge is 2.15. The van der Waals surface area contributed by atoms with Gasteiger partial charge in [-0.15, -0.1) is 11.3 Å². The lowest BCUT2D eigenvalue weighted by Crippen LogP contribution is -1.89. The minimum atomic E-state index is 0.831. The van der Waals surface area contributed by atoms with E-state index in [2.05, 4.69) is 11.2 Å². The molecule has 5 heteroatoms. The summed E-state index contributed by atoms with van der Waals surface area (Å²) in [7, 11) is 3.63. The van der Waals surface area contributed by atoms with Crippen molar-refractivity contribution < 1.29 is 4.74 Å². The zero-order valence-electron chi connectivity index (χ0n) is 11.7. The van der Waals surface area contributed by atoms with Crippen LogP contribution in [0.5, 0.6) is 5.75 Å². The summed E-state index contributed by atoms with van der Waals surface area (Å²) in [6.45, 7) is 0. The third kappa shape index (κ3) is 1.89. The van der Waals surface area contributed by atoms with Gasteiger partial charge in [-0.3, -0.25) is 4.68 Å². The van der Waals surface area contributed by atoms with Gasteiger partial charge in [0.05, 0.1) is 22.8 Å². The van der Waals surface area contributed by atoms with Gasteiger partial charge < -0.3 is 4.74 Å². The van der Waals surface area contributed by atoms with Gasteiger partial charge in [-0.2, -0.15) is 5.10 Å². The van der Waals surface area contributed by atoms with Gasteiger partial charge in [-0.05, 0) is 30.3 Å². The van der Waals surface area contributed by atoms with Gasteiger partial charge in [0.25, 0.3) is 0 Å². The number of methoxy groups -OCH3 is 1. The number of ether oxygens (including phenoxy) is 1. The maximum Gasteiger partial charge on any atom is 0.145 e. The number of para-hydroxylation sites is 1. The normalized spacial score (nSPS) is 11.3. The van der Waals surface area contributed by atoms with Crippen molar-refractivity contribution in [1.82, 2.24) is 14.8 Å². The van der Waals surface area contributed by atoms with Crippen LogP contribution in [0.15, 0.2) is 42.5 Å². The maximum atomic E-state index is 5.33. The third-order valence-electron chi connectivity index (χ3n) is 3.55. The molecule has 0 aliphatic heterocycles. The van der Waals surface area contributed by atoms with E-state index in [0.717, 1.165) is 32.9 Å². The summed E-state index contributed by atoms with van der Waals surface area (Å²) in [4.78, 5) is 4.70. The van der Waals surface area contributed by atoms with Crippen LogP contribution in [-0.4, -0.2) is 21.9 Å². The number of rotatable bonds is 2. The van der Waals surface area contributed by atoms with Crippen molar-refractivity contribution in [3.8, 4) is 16.5 Å². The van der Waals surface area contributed by atoms with Gasteiger partial charge in [-0.25, -0.2) is 4.98 Å². The second kappa shape index (κ2) is 4.56. The predicted octanol–water partition coefficient (Wildman–Crippen LogP) is 3.86. The van der Waals surface area contributed by atoms with Gasteiger partial charge in [0.2, 0.25) is 0 Å². The first kappa shape index (κ1) is 12.3. The van der Waals surface area contributed by atoms with Crippen molar-refractivity contribution in [3.63, 3.8) is 0 Å². The molecule has 0 unspecified atom stereocenters. The number of nitrogens with zero attached hydrogens (tertiary/aromatic N) is 3. The average molecular weight is 295 g/mol. The minimum absolute atomic E-state index is 0.831. The topological polar surface area (TPSA) is 39.9 Å². The molecule has 0 N–H and O–H groups in total. The van der Waals surface area contributed by atoms with E-state index in [9.17, 15) is 0 Å². The van der Waals surface area contributed by atoms with Crippen molar-refractivity contribution in [2.24, 2.45) is 7.05 Å². The Morgan fingerprint density at radius 2 is 2.00 bits per heavy atom. The van der Waals surface area contributed by atoms with Crippen molar-refractivity contribution >= 4 is 32.5 Å². The predicted molar refractivity (Wildman–Crippen MR) is 85.9 cm³/mol. The van der Waals surface area contributed by atoms with Gasteiger partial charge in [0, 0.05) is 12.4 Å². The van der Waals surface area contributed by atoms with Crippen LogP contribution in [0, 0.1) is 0 Å². The molecule has 0 saturated carbocycles. The molecule has 0 aliphatic rings. The number of hydrogen-bond acceptors (Lipinski definition) is 4. The molecule has 2 heterocycles. The van der Waals surface area contributed by atoms with Crippen LogP contribution in [0.25, 0.3) is 31.8 Å². The zero-order valence-corrected chi connectivity index (χ0v) is 12.5. The molecular formula is C16H13N3OS. The van der Waals surface area contributed by atoms with Crippen molar-refractivity contribution in [2.45, 2.75) is 0 Å². The molecule has 0 atom stereocenters. The van der Waals surface area contributed by atoms with Gasteiger partial charge in [0.15, 0.2) is 0 Å². The van der Waals surface area contributed by atoms with Crippen LogP contribution in [0.1, 0.15) is 0 Å². The lowest BCUT2D eigenvalue weighted by Gasteiger charge is -1.99. The largest absolute Gasteiger partial charge is 0.497 e. The quantitative estimate of drug-likeness (QED) is 0.564. The number of thiazole rings is 1. The van der Waals surface area contributed by atoms with Gasteiger partial charge in [-0.1, -0.05) is 12.1 Å². The molecule has 0 radical (unpaired) electrons. The second-order valence-electron chi connectivity index (χ2n) is 4.84. The van der Waals surface area contributed by atoms with Gasteiger partial charge in [0.1, 0.15) is 16.5 Å². The fourth-order valence-corrected chi connectivity index (χ4v) is 3.47. The summed E-state index contributed by atoms with van der Waals surface area (Å²) in [6, 6.07) is 14.1.